The fourth-order valence-electron chi connectivity index (χ4n) is 3.73. The second-order valence-electron chi connectivity index (χ2n) is 6.81. The molecule has 0 amide bonds. The summed E-state index contributed by atoms with van der Waals surface area (Å²) in [4.78, 5) is 17.3. The number of nitrogens with one attached hydrogen (secondary N) is 2. The van der Waals surface area contributed by atoms with Gasteiger partial charge in [-0.1, -0.05) is 6.58 Å². The van der Waals surface area contributed by atoms with E-state index < -0.39 is 0 Å². The summed E-state index contributed by atoms with van der Waals surface area (Å²) in [5.41, 5.74) is 5.39. The molecule has 5 nitrogen and oxygen atoms in total. The van der Waals surface area contributed by atoms with E-state index >= 15 is 0 Å². The minimum Gasteiger partial charge on any atom is -0.385 e. The zero-order valence-electron chi connectivity index (χ0n) is 15.8. The lowest BCUT2D eigenvalue weighted by molar-refractivity contribution is 0.627. The van der Waals surface area contributed by atoms with Crippen LogP contribution in [0.5, 0.6) is 0 Å². The fourth-order valence-corrected chi connectivity index (χ4v) is 3.73. The Hall–Kier alpha value is -3.80. The number of fused-ring (bicyclic) bond motifs is 6. The van der Waals surface area contributed by atoms with E-state index in [1.54, 1.807) is 18.5 Å². The summed E-state index contributed by atoms with van der Waals surface area (Å²) in [5, 5.41) is 5.11. The average molecular weight is 383 g/mol. The Morgan fingerprint density at radius 2 is 1.76 bits per heavy atom. The maximum absolute atomic E-state index is 14.0. The Balaban J connectivity index is 1.78. The van der Waals surface area contributed by atoms with Gasteiger partial charge in [0, 0.05) is 46.5 Å². The van der Waals surface area contributed by atoms with Crippen LogP contribution in [0.3, 0.4) is 0 Å². The molecule has 3 aromatic heterocycles. The number of aromatic amines is 1. The van der Waals surface area contributed by atoms with Gasteiger partial charge in [0.15, 0.2) is 0 Å². The van der Waals surface area contributed by atoms with Gasteiger partial charge in [0.25, 0.3) is 0 Å². The third kappa shape index (κ3) is 2.72. The summed E-state index contributed by atoms with van der Waals surface area (Å²) in [5.74, 6) is 0.273. The van der Waals surface area contributed by atoms with Crippen LogP contribution < -0.4 is 5.32 Å². The first-order valence-corrected chi connectivity index (χ1v) is 9.41. The zero-order chi connectivity index (χ0) is 20.0. The first-order chi connectivity index (χ1) is 14.2. The van der Waals surface area contributed by atoms with Crippen LogP contribution in [0, 0.1) is 5.82 Å². The number of nitrogens with zero attached hydrogens (tertiary/aromatic N) is 3. The predicted molar refractivity (Wildman–Crippen MR) is 115 cm³/mol. The van der Waals surface area contributed by atoms with Crippen LogP contribution in [0.1, 0.15) is 18.3 Å². The van der Waals surface area contributed by atoms with Crippen LogP contribution in [0.2, 0.25) is 0 Å². The van der Waals surface area contributed by atoms with Gasteiger partial charge in [0.2, 0.25) is 0 Å². The Kier molecular flexibility index (Phi) is 3.98. The minimum atomic E-state index is -0.316. The molecule has 5 aromatic rings. The second kappa shape index (κ2) is 6.67. The minimum absolute atomic E-state index is 0.316. The van der Waals surface area contributed by atoms with E-state index in [2.05, 4.69) is 26.8 Å². The van der Waals surface area contributed by atoms with Gasteiger partial charge in [-0.15, -0.1) is 0 Å². The highest BCUT2D eigenvalue weighted by Crippen LogP contribution is 2.34. The summed E-state index contributed by atoms with van der Waals surface area (Å²) in [6.07, 6.45) is 3.51. The number of imidazole rings is 1. The van der Waals surface area contributed by atoms with Crippen LogP contribution in [0.25, 0.3) is 38.4 Å². The van der Waals surface area contributed by atoms with Crippen LogP contribution in [0.15, 0.2) is 61.4 Å². The molecule has 0 atom stereocenters. The lowest BCUT2D eigenvalue weighted by Gasteiger charge is -2.11. The van der Waals surface area contributed by atoms with Gasteiger partial charge in [-0.2, -0.15) is 0 Å². The van der Waals surface area contributed by atoms with Crippen LogP contribution in [0.4, 0.5) is 10.1 Å². The highest BCUT2D eigenvalue weighted by atomic mass is 19.1. The Bertz CT molecular complexity index is 1330. The van der Waals surface area contributed by atoms with Crippen molar-refractivity contribution in [2.75, 3.05) is 11.9 Å². The van der Waals surface area contributed by atoms with Gasteiger partial charge in [-0.05, 0) is 49.4 Å². The Labute approximate surface area is 166 Å². The molecule has 0 saturated carbocycles. The number of benzene rings is 2. The molecule has 2 N–H and O–H groups in total. The lowest BCUT2D eigenvalue weighted by atomic mass is 10.0. The Morgan fingerprint density at radius 3 is 2.52 bits per heavy atom. The molecule has 0 spiro atoms. The molecule has 6 heteroatoms. The smallest absolute Gasteiger partial charge is 0.138 e. The van der Waals surface area contributed by atoms with Gasteiger partial charge in [-0.25, -0.2) is 9.37 Å². The summed E-state index contributed by atoms with van der Waals surface area (Å²) in [7, 11) is 0. The summed E-state index contributed by atoms with van der Waals surface area (Å²) in [6.45, 7) is 6.92. The van der Waals surface area contributed by atoms with Gasteiger partial charge in [-0.3, -0.25) is 9.97 Å². The summed E-state index contributed by atoms with van der Waals surface area (Å²) >= 11 is 0. The Morgan fingerprint density at radius 1 is 1.03 bits per heavy atom. The van der Waals surface area contributed by atoms with E-state index in [1.165, 1.54) is 12.1 Å². The quantitative estimate of drug-likeness (QED) is 0.414. The number of hydrogen-bond donors (Lipinski definition) is 2. The van der Waals surface area contributed by atoms with E-state index in [4.69, 9.17) is 4.98 Å². The van der Waals surface area contributed by atoms with Crippen LogP contribution in [-0.2, 0) is 0 Å². The van der Waals surface area contributed by atoms with E-state index in [0.29, 0.717) is 17.0 Å². The lowest BCUT2D eigenvalue weighted by Crippen LogP contribution is -2.02. The maximum Gasteiger partial charge on any atom is 0.138 e. The fraction of sp³-hybridized carbons (Fsp3) is 0.0870. The molecule has 2 aromatic carbocycles. The molecule has 3 heterocycles. The molecule has 0 fully saturated rings. The van der Waals surface area contributed by atoms with E-state index in [9.17, 15) is 4.39 Å². The molecular formula is C23H18FN5. The van der Waals surface area contributed by atoms with Crippen molar-refractivity contribution >= 4 is 44.1 Å². The van der Waals surface area contributed by atoms with Crippen molar-refractivity contribution in [3.05, 3.63) is 78.6 Å². The molecule has 142 valence electrons. The van der Waals surface area contributed by atoms with Crippen molar-refractivity contribution in [2.24, 2.45) is 0 Å². The monoisotopic (exact) mass is 383 g/mol. The second-order valence-corrected chi connectivity index (χ2v) is 6.81. The highest BCUT2D eigenvalue weighted by molar-refractivity contribution is 6.20. The van der Waals surface area contributed by atoms with Gasteiger partial charge in [0.05, 0.1) is 22.1 Å². The molecule has 0 bridgehead atoms. The molecule has 0 aliphatic rings. The number of H-pyrrole nitrogens is 1. The third-order valence-corrected chi connectivity index (χ3v) is 5.03. The topological polar surface area (TPSA) is 66.5 Å². The van der Waals surface area contributed by atoms with Crippen molar-refractivity contribution < 1.29 is 4.39 Å². The van der Waals surface area contributed by atoms with Gasteiger partial charge >= 0.3 is 0 Å². The number of halogens is 1. The number of hydrogen-bond acceptors (Lipinski definition) is 4. The summed E-state index contributed by atoms with van der Waals surface area (Å²) < 4.78 is 14.0. The van der Waals surface area contributed by atoms with Gasteiger partial charge in [0.1, 0.15) is 11.6 Å². The number of aromatic nitrogens is 4. The number of pyridine rings is 2. The number of rotatable bonds is 4. The van der Waals surface area contributed by atoms with E-state index in [0.717, 1.165) is 45.1 Å². The maximum atomic E-state index is 14.0. The van der Waals surface area contributed by atoms with Crippen molar-refractivity contribution in [3.63, 3.8) is 0 Å². The SMILES string of the molecule is C=C(c1nc2c3cccnc3c3ncccc3c2[nH]1)c1cc(F)ccc1NCC. The first-order valence-electron chi connectivity index (χ1n) is 9.41. The van der Waals surface area contributed by atoms with E-state index in [-0.39, 0.29) is 5.82 Å². The molecular weight excluding hydrogens is 365 g/mol. The molecule has 5 rings (SSSR count). The molecule has 0 aliphatic heterocycles. The largest absolute Gasteiger partial charge is 0.385 e. The van der Waals surface area contributed by atoms with Crippen LogP contribution in [-0.4, -0.2) is 26.5 Å². The number of anilines is 1. The molecule has 29 heavy (non-hydrogen) atoms. The molecule has 0 saturated heterocycles. The highest BCUT2D eigenvalue weighted by Gasteiger charge is 2.17. The van der Waals surface area contributed by atoms with E-state index in [1.807, 2.05) is 31.2 Å². The van der Waals surface area contributed by atoms with Crippen LogP contribution >= 0.6 is 0 Å². The molecule has 0 radical (unpaired) electrons. The molecule has 0 aliphatic carbocycles. The summed E-state index contributed by atoms with van der Waals surface area (Å²) in [6, 6.07) is 12.4. The average Bonchev–Trinajstić information content (AvgIpc) is 3.21. The third-order valence-electron chi connectivity index (χ3n) is 5.03. The first kappa shape index (κ1) is 17.3. The van der Waals surface area contributed by atoms with Crippen molar-refractivity contribution in [1.29, 1.82) is 0 Å². The predicted octanol–water partition coefficient (Wildman–Crippen LogP) is 5.29. The molecule has 0 unspecified atom stereocenters. The van der Waals surface area contributed by atoms with Gasteiger partial charge < -0.3 is 10.3 Å². The normalized spacial score (nSPS) is 11.4. The van der Waals surface area contributed by atoms with Crippen molar-refractivity contribution in [3.8, 4) is 0 Å². The zero-order valence-corrected chi connectivity index (χ0v) is 15.8. The van der Waals surface area contributed by atoms with Crippen molar-refractivity contribution in [1.82, 2.24) is 19.9 Å². The standard InChI is InChI=1S/C23H18FN5/c1-3-25-18-9-8-14(24)12-17(18)13(2)23-28-21-15-6-4-10-26-19(15)20-16(22(21)29-23)7-5-11-27-20/h4-12,25H,2-3H2,1H3,(H,28,29). The van der Waals surface area contributed by atoms with Crippen molar-refractivity contribution in [2.45, 2.75) is 6.92 Å².